The molecule has 26 heteroatoms. The molecule has 0 radical (unpaired) electrons. The molecule has 2 unspecified atom stereocenters. The predicted molar refractivity (Wildman–Crippen MR) is 163 cm³/mol. The molecule has 0 spiro atoms. The molecule has 0 saturated carbocycles. The monoisotopic (exact) mass is 774 g/mol. The normalized spacial score (nSPS) is 36.3. The van der Waals surface area contributed by atoms with Gasteiger partial charge in [0.15, 0.2) is 36.4 Å². The molecule has 8 heterocycles. The van der Waals surface area contributed by atoms with Gasteiger partial charge in [0, 0.05) is 6.54 Å². The zero-order valence-electron chi connectivity index (χ0n) is 25.9. The summed E-state index contributed by atoms with van der Waals surface area (Å²) in [6.07, 6.45) is -5.54. The summed E-state index contributed by atoms with van der Waals surface area (Å²) in [5, 5.41) is 31.2. The summed E-state index contributed by atoms with van der Waals surface area (Å²) >= 11 is 10.4. The zero-order chi connectivity index (χ0) is 32.7. The molecule has 10 atom stereocenters. The molecule has 8 rings (SSSR count). The Morgan fingerprint density at radius 3 is 2.33 bits per heavy atom. The number of nitrogens with zero attached hydrogens (tertiary/aromatic N) is 8. The number of imidazole rings is 1. The van der Waals surface area contributed by atoms with Crippen LogP contribution in [0.15, 0.2) is 19.0 Å². The minimum absolute atomic E-state index is 0. The van der Waals surface area contributed by atoms with Gasteiger partial charge in [-0.25, -0.2) is 29.6 Å². The molecule has 49 heavy (non-hydrogen) atoms. The van der Waals surface area contributed by atoms with E-state index in [4.69, 9.17) is 57.8 Å². The van der Waals surface area contributed by atoms with Crippen molar-refractivity contribution in [3.05, 3.63) is 24.7 Å². The number of nitrogens with two attached hydrogens (primary N) is 1. The number of fused-ring (bicyclic) bond motifs is 4. The van der Waals surface area contributed by atoms with Gasteiger partial charge in [0.2, 0.25) is 6.80 Å². The summed E-state index contributed by atoms with van der Waals surface area (Å²) in [5.41, 5.74) is 7.45. The van der Waals surface area contributed by atoms with E-state index < -0.39 is 75.9 Å². The van der Waals surface area contributed by atoms with Crippen LogP contribution in [0.3, 0.4) is 0 Å². The number of rotatable bonds is 2. The standard InChI is InChI=1S/C23H28N10O10P2S2.2Na/c24-18-13-21(29-6-26-18)32(8-30-13)23-17-14(34)10(40-23)4-38-44(36,46)42-16-11(5-39-45(37,47)43-17)41-22(15(16)35)33-20-12-9(31-33)2-1-3-25-19(12)27-7-28-20;;/h6-8,10-11,14-17,22-23,34-35H,1-5H2,(H,36,46)(H,37,47)(H2,24,26,29)(H,25,27,28);;/q;2*+1/p-2/t10-,11-,14-,15-,16-,17-,22-,23-,44?,45?;;/m1../s1. The quantitative estimate of drug-likeness (QED) is 0.0841. The van der Waals surface area contributed by atoms with Gasteiger partial charge in [-0.1, -0.05) is 0 Å². The molecule has 3 fully saturated rings. The van der Waals surface area contributed by atoms with Crippen molar-refractivity contribution in [2.45, 2.75) is 61.9 Å². The number of hydrogen-bond donors (Lipinski definition) is 4. The van der Waals surface area contributed by atoms with Gasteiger partial charge < -0.3 is 73.3 Å². The van der Waals surface area contributed by atoms with Gasteiger partial charge in [-0.2, -0.15) is 5.10 Å². The van der Waals surface area contributed by atoms with E-state index >= 15 is 0 Å². The van der Waals surface area contributed by atoms with Crippen LogP contribution in [0, 0.1) is 0 Å². The molecule has 2 bridgehead atoms. The van der Waals surface area contributed by atoms with Gasteiger partial charge in [-0.05, 0) is 12.8 Å². The summed E-state index contributed by atoms with van der Waals surface area (Å²) < 4.78 is 64.4. The van der Waals surface area contributed by atoms with E-state index in [2.05, 4.69) is 35.3 Å². The smallest absolute Gasteiger partial charge is 0.660 e. The van der Waals surface area contributed by atoms with E-state index in [0.29, 0.717) is 35.5 Å². The fourth-order valence-electron chi connectivity index (χ4n) is 6.12. The Kier molecular flexibility index (Phi) is 11.5. The molecule has 4 aromatic heterocycles. The topological polar surface area (TPSA) is 255 Å². The second kappa shape index (κ2) is 14.8. The Balaban J connectivity index is 0.00000208. The zero-order valence-corrected chi connectivity index (χ0v) is 33.3. The molecule has 0 amide bonds. The summed E-state index contributed by atoms with van der Waals surface area (Å²) in [4.78, 5) is 21.0. The summed E-state index contributed by atoms with van der Waals surface area (Å²) in [7, 11) is 0. The number of aryl methyl sites for hydroxylation is 1. The summed E-state index contributed by atoms with van der Waals surface area (Å²) in [5.74, 6) is 0.681. The second-order valence-electron chi connectivity index (χ2n) is 11.2. The van der Waals surface area contributed by atoms with Crippen molar-refractivity contribution in [3.63, 3.8) is 0 Å². The van der Waals surface area contributed by atoms with E-state index in [1.54, 1.807) is 0 Å². The largest absolute Gasteiger partial charge is 1.00 e. The Hall–Kier alpha value is -0.460. The van der Waals surface area contributed by atoms with E-state index in [9.17, 15) is 19.3 Å². The van der Waals surface area contributed by atoms with Crippen LogP contribution >= 0.6 is 13.6 Å². The van der Waals surface area contributed by atoms with Crippen LogP contribution in [-0.4, -0.2) is 106 Å². The first-order chi connectivity index (χ1) is 22.5. The number of anilines is 2. The minimum Gasteiger partial charge on any atom is -0.660 e. The third kappa shape index (κ3) is 7.14. The average molecular weight is 775 g/mol. The molecule has 0 aromatic carbocycles. The number of ether oxygens (including phenoxy) is 2. The van der Waals surface area contributed by atoms with Crippen molar-refractivity contribution in [2.24, 2.45) is 0 Å². The second-order valence-corrected chi connectivity index (χ2v) is 16.6. The van der Waals surface area contributed by atoms with E-state index in [-0.39, 0.29) is 76.1 Å². The van der Waals surface area contributed by atoms with Crippen LogP contribution in [0.4, 0.5) is 11.6 Å². The molecule has 5 N–H and O–H groups in total. The van der Waals surface area contributed by atoms with E-state index in [1.165, 1.54) is 28.2 Å². The number of aliphatic hydroxyl groups is 2. The Labute approximate surface area is 331 Å². The maximum absolute atomic E-state index is 13.6. The molecule has 4 aromatic rings. The third-order valence-corrected chi connectivity index (χ3v) is 11.3. The molecule has 3 saturated heterocycles. The molecule has 4 aliphatic heterocycles. The van der Waals surface area contributed by atoms with Crippen LogP contribution in [0.1, 0.15) is 24.6 Å². The first kappa shape index (κ1) is 38.3. The van der Waals surface area contributed by atoms with Crippen LogP contribution in [0.2, 0.25) is 0 Å². The van der Waals surface area contributed by atoms with Gasteiger partial charge >= 0.3 is 59.1 Å². The molecule has 0 aliphatic carbocycles. The van der Waals surface area contributed by atoms with Crippen LogP contribution in [0.25, 0.3) is 22.2 Å². The first-order valence-corrected chi connectivity index (χ1v) is 19.4. The van der Waals surface area contributed by atoms with E-state index in [1.807, 2.05) is 0 Å². The maximum Gasteiger partial charge on any atom is 1.00 e. The number of hydrogen-bond acceptors (Lipinski definition) is 20. The summed E-state index contributed by atoms with van der Waals surface area (Å²) in [6.45, 7) is -9.27. The van der Waals surface area contributed by atoms with Gasteiger partial charge in [0.05, 0.1) is 30.6 Å². The van der Waals surface area contributed by atoms with Crippen molar-refractivity contribution >= 4 is 71.9 Å². The van der Waals surface area contributed by atoms with Crippen LogP contribution in [-0.2, 0) is 67.6 Å². The van der Waals surface area contributed by atoms with Crippen molar-refractivity contribution < 1.29 is 106 Å². The van der Waals surface area contributed by atoms with Gasteiger partial charge in [0.1, 0.15) is 60.6 Å². The van der Waals surface area contributed by atoms with Crippen molar-refractivity contribution in [2.75, 3.05) is 30.8 Å². The van der Waals surface area contributed by atoms with Crippen molar-refractivity contribution in [3.8, 4) is 0 Å². The van der Waals surface area contributed by atoms with E-state index in [0.717, 1.165) is 6.42 Å². The van der Waals surface area contributed by atoms with Gasteiger partial charge in [-0.15, -0.1) is 0 Å². The average Bonchev–Trinajstić information content (AvgIpc) is 3.74. The van der Waals surface area contributed by atoms with Crippen molar-refractivity contribution in [1.29, 1.82) is 0 Å². The SMILES string of the molecule is Nc1ncnc2c1ncn2[C@@H]1O[C@@H]2COP(=O)([S-])O[C@H]3[C@@H](O)[C@H](n4nc5c6c(ncnc64)NCCC5)O[C@@H]3COP(=O)([S-])O[C@@H]1[C@@H]2O.[Na+].[Na+]. The predicted octanol–water partition coefficient (Wildman–Crippen LogP) is -5.74. The van der Waals surface area contributed by atoms with Crippen molar-refractivity contribution in [1.82, 2.24) is 39.3 Å². The fraction of sp³-hybridized carbons (Fsp3) is 0.565. The molecular formula is C23H26N10Na2O10P2S2. The molecule has 252 valence electrons. The molecular weight excluding hydrogens is 748 g/mol. The Morgan fingerprint density at radius 1 is 0.878 bits per heavy atom. The van der Waals surface area contributed by atoms with Gasteiger partial charge in [0.25, 0.3) is 0 Å². The minimum atomic E-state index is -4.43. The maximum atomic E-state index is 13.6. The first-order valence-electron chi connectivity index (χ1n) is 14.3. The van der Waals surface area contributed by atoms with Crippen LogP contribution < -0.4 is 70.2 Å². The Bertz CT molecular complexity index is 1960. The third-order valence-electron chi connectivity index (χ3n) is 8.26. The van der Waals surface area contributed by atoms with Gasteiger partial charge in [-0.3, -0.25) is 13.7 Å². The number of nitrogen functional groups attached to an aromatic ring is 1. The summed E-state index contributed by atoms with van der Waals surface area (Å²) in [6, 6.07) is 0. The Morgan fingerprint density at radius 2 is 1.55 bits per heavy atom. The molecule has 20 nitrogen and oxygen atoms in total. The molecule has 4 aliphatic rings. The number of aromatic nitrogens is 8. The number of aliphatic hydroxyl groups excluding tert-OH is 2. The fourth-order valence-corrected chi connectivity index (χ4v) is 8.94. The van der Waals surface area contributed by atoms with Crippen LogP contribution in [0.5, 0.6) is 0 Å². The number of nitrogens with one attached hydrogen (secondary N) is 1.